The maximum atomic E-state index is 12.0. The lowest BCUT2D eigenvalue weighted by Crippen LogP contribution is -2.52. The molecule has 0 bridgehead atoms. The third kappa shape index (κ3) is 6.20. The van der Waals surface area contributed by atoms with Gasteiger partial charge in [0.2, 0.25) is 5.91 Å². The Morgan fingerprint density at radius 1 is 1.35 bits per heavy atom. The van der Waals surface area contributed by atoms with Gasteiger partial charge in [0.25, 0.3) is 0 Å². The summed E-state index contributed by atoms with van der Waals surface area (Å²) in [6, 6.07) is 0.326. The highest BCUT2D eigenvalue weighted by molar-refractivity contribution is 5.78. The number of hydrogen-bond donors (Lipinski definition) is 3. The number of aliphatic hydroxyl groups excluding tert-OH is 1. The number of carbonyl (C=O) groups excluding carboxylic acids is 1. The molecule has 0 aromatic rings. The third-order valence-corrected chi connectivity index (χ3v) is 4.18. The van der Waals surface area contributed by atoms with Crippen molar-refractivity contribution < 1.29 is 14.6 Å². The Labute approximate surface area is 122 Å². The smallest absolute Gasteiger partial charge is 0.234 e. The average Bonchev–Trinajstić information content (AvgIpc) is 2.40. The van der Waals surface area contributed by atoms with E-state index in [-0.39, 0.29) is 24.6 Å². The molecule has 0 spiro atoms. The van der Waals surface area contributed by atoms with Crippen molar-refractivity contribution in [2.24, 2.45) is 5.92 Å². The van der Waals surface area contributed by atoms with Gasteiger partial charge in [0.15, 0.2) is 0 Å². The van der Waals surface area contributed by atoms with Crippen molar-refractivity contribution >= 4 is 5.91 Å². The van der Waals surface area contributed by atoms with Crippen molar-refractivity contribution in [3.8, 4) is 0 Å². The summed E-state index contributed by atoms with van der Waals surface area (Å²) in [5.41, 5.74) is -0.359. The average molecular weight is 286 g/mol. The lowest BCUT2D eigenvalue weighted by molar-refractivity contribution is -0.121. The van der Waals surface area contributed by atoms with E-state index in [4.69, 9.17) is 9.84 Å². The first-order chi connectivity index (χ1) is 9.49. The van der Waals surface area contributed by atoms with Gasteiger partial charge in [0.1, 0.15) is 0 Å². The van der Waals surface area contributed by atoms with Gasteiger partial charge in [-0.3, -0.25) is 4.79 Å². The van der Waals surface area contributed by atoms with E-state index >= 15 is 0 Å². The van der Waals surface area contributed by atoms with Gasteiger partial charge in [-0.05, 0) is 44.9 Å². The summed E-state index contributed by atoms with van der Waals surface area (Å²) in [4.78, 5) is 12.0. The van der Waals surface area contributed by atoms with Gasteiger partial charge in [0.05, 0.1) is 13.2 Å². The van der Waals surface area contributed by atoms with E-state index in [0.29, 0.717) is 19.1 Å². The second-order valence-electron chi connectivity index (χ2n) is 6.35. The van der Waals surface area contributed by atoms with Crippen LogP contribution < -0.4 is 10.6 Å². The summed E-state index contributed by atoms with van der Waals surface area (Å²) in [6.45, 7) is 5.05. The molecule has 0 saturated heterocycles. The number of rotatable bonds is 8. The maximum absolute atomic E-state index is 12.0. The highest BCUT2D eigenvalue weighted by atomic mass is 16.5. The predicted octanol–water partition coefficient (Wildman–Crippen LogP) is 1.06. The number of carbonyl (C=O) groups is 1. The minimum atomic E-state index is -0.359. The van der Waals surface area contributed by atoms with Crippen LogP contribution in [0.4, 0.5) is 0 Å². The molecule has 0 aromatic carbocycles. The molecule has 3 N–H and O–H groups in total. The summed E-state index contributed by atoms with van der Waals surface area (Å²) >= 11 is 0. The van der Waals surface area contributed by atoms with E-state index in [1.54, 1.807) is 7.11 Å². The molecule has 118 valence electrons. The zero-order valence-electron chi connectivity index (χ0n) is 13.1. The zero-order valence-corrected chi connectivity index (χ0v) is 13.1. The Bertz CT molecular complexity index is 283. The van der Waals surface area contributed by atoms with E-state index < -0.39 is 0 Å². The quantitative estimate of drug-likeness (QED) is 0.624. The van der Waals surface area contributed by atoms with Crippen molar-refractivity contribution in [1.82, 2.24) is 10.6 Å². The molecule has 1 atom stereocenters. The standard InChI is InChI=1S/C15H30N2O3/c1-12-4-6-13(7-5-12)17-14(19)10-16-15(2,8-9-18)11-20-3/h12-13,16,18H,4-11H2,1-3H3,(H,17,19). The highest BCUT2D eigenvalue weighted by Gasteiger charge is 2.25. The summed E-state index contributed by atoms with van der Waals surface area (Å²) in [7, 11) is 1.63. The second-order valence-corrected chi connectivity index (χ2v) is 6.35. The molecule has 5 nitrogen and oxygen atoms in total. The molecule has 1 fully saturated rings. The molecule has 5 heteroatoms. The molecular formula is C15H30N2O3. The summed E-state index contributed by atoms with van der Waals surface area (Å²) in [5, 5.41) is 15.4. The van der Waals surface area contributed by atoms with Gasteiger partial charge in [-0.25, -0.2) is 0 Å². The van der Waals surface area contributed by atoms with Crippen LogP contribution in [0.2, 0.25) is 0 Å². The monoisotopic (exact) mass is 286 g/mol. The van der Waals surface area contributed by atoms with Gasteiger partial charge in [-0.1, -0.05) is 6.92 Å². The fraction of sp³-hybridized carbons (Fsp3) is 0.933. The van der Waals surface area contributed by atoms with Crippen LogP contribution in [-0.2, 0) is 9.53 Å². The van der Waals surface area contributed by atoms with Crippen LogP contribution >= 0.6 is 0 Å². The van der Waals surface area contributed by atoms with Gasteiger partial charge in [0, 0.05) is 25.3 Å². The molecule has 0 radical (unpaired) electrons. The summed E-state index contributed by atoms with van der Waals surface area (Å²) in [5.74, 6) is 0.820. The molecule has 0 aromatic heterocycles. The Morgan fingerprint density at radius 3 is 2.55 bits per heavy atom. The Kier molecular flexibility index (Phi) is 7.48. The Balaban J connectivity index is 2.30. The molecule has 1 aliphatic carbocycles. The molecule has 1 saturated carbocycles. The number of ether oxygens (including phenoxy) is 1. The van der Waals surface area contributed by atoms with Crippen molar-refractivity contribution in [1.29, 1.82) is 0 Å². The fourth-order valence-corrected chi connectivity index (χ4v) is 2.75. The summed E-state index contributed by atoms with van der Waals surface area (Å²) in [6.07, 6.45) is 5.13. The van der Waals surface area contributed by atoms with Gasteiger partial charge in [-0.15, -0.1) is 0 Å². The maximum Gasteiger partial charge on any atom is 0.234 e. The van der Waals surface area contributed by atoms with Crippen LogP contribution in [0.25, 0.3) is 0 Å². The van der Waals surface area contributed by atoms with Crippen molar-refractivity contribution in [2.45, 2.75) is 57.5 Å². The number of nitrogens with one attached hydrogen (secondary N) is 2. The normalized spacial score (nSPS) is 26.0. The van der Waals surface area contributed by atoms with Crippen molar-refractivity contribution in [3.63, 3.8) is 0 Å². The first-order valence-corrected chi connectivity index (χ1v) is 7.63. The SMILES string of the molecule is COCC(C)(CCO)NCC(=O)NC1CCC(C)CC1. The number of aliphatic hydroxyl groups is 1. The summed E-state index contributed by atoms with van der Waals surface area (Å²) < 4.78 is 5.15. The zero-order chi connectivity index (χ0) is 15.0. The Morgan fingerprint density at radius 2 is 2.00 bits per heavy atom. The van der Waals surface area contributed by atoms with E-state index in [1.165, 1.54) is 12.8 Å². The molecule has 0 heterocycles. The minimum absolute atomic E-state index is 0.0322. The molecule has 1 rings (SSSR count). The van der Waals surface area contributed by atoms with Gasteiger partial charge >= 0.3 is 0 Å². The molecular weight excluding hydrogens is 256 g/mol. The lowest BCUT2D eigenvalue weighted by Gasteiger charge is -2.31. The molecule has 1 unspecified atom stereocenters. The topological polar surface area (TPSA) is 70.6 Å². The van der Waals surface area contributed by atoms with Crippen LogP contribution in [0.5, 0.6) is 0 Å². The van der Waals surface area contributed by atoms with Crippen LogP contribution in [0.15, 0.2) is 0 Å². The number of hydrogen-bond acceptors (Lipinski definition) is 4. The van der Waals surface area contributed by atoms with E-state index in [0.717, 1.165) is 18.8 Å². The minimum Gasteiger partial charge on any atom is -0.396 e. The number of amides is 1. The first-order valence-electron chi connectivity index (χ1n) is 7.63. The first kappa shape index (κ1) is 17.4. The fourth-order valence-electron chi connectivity index (χ4n) is 2.75. The van der Waals surface area contributed by atoms with Gasteiger partial charge < -0.3 is 20.5 Å². The van der Waals surface area contributed by atoms with E-state index in [1.807, 2.05) is 6.92 Å². The molecule has 20 heavy (non-hydrogen) atoms. The molecule has 0 aliphatic heterocycles. The molecule has 1 aliphatic rings. The van der Waals surface area contributed by atoms with Crippen LogP contribution in [-0.4, -0.2) is 49.5 Å². The van der Waals surface area contributed by atoms with Crippen LogP contribution in [0.1, 0.15) is 46.0 Å². The lowest BCUT2D eigenvalue weighted by atomic mass is 9.87. The third-order valence-electron chi connectivity index (χ3n) is 4.18. The van der Waals surface area contributed by atoms with Gasteiger partial charge in [-0.2, -0.15) is 0 Å². The Hall–Kier alpha value is -0.650. The van der Waals surface area contributed by atoms with E-state index in [2.05, 4.69) is 17.6 Å². The van der Waals surface area contributed by atoms with Crippen LogP contribution in [0, 0.1) is 5.92 Å². The highest BCUT2D eigenvalue weighted by Crippen LogP contribution is 2.23. The van der Waals surface area contributed by atoms with Crippen molar-refractivity contribution in [2.75, 3.05) is 26.9 Å². The largest absolute Gasteiger partial charge is 0.396 e. The predicted molar refractivity (Wildman–Crippen MR) is 79.5 cm³/mol. The van der Waals surface area contributed by atoms with E-state index in [9.17, 15) is 4.79 Å². The number of methoxy groups -OCH3 is 1. The van der Waals surface area contributed by atoms with Crippen molar-refractivity contribution in [3.05, 3.63) is 0 Å². The second kappa shape index (κ2) is 8.60. The van der Waals surface area contributed by atoms with Crippen LogP contribution in [0.3, 0.4) is 0 Å². The molecule has 1 amide bonds.